The summed E-state index contributed by atoms with van der Waals surface area (Å²) in [5.41, 5.74) is 1.29. The van der Waals surface area contributed by atoms with Gasteiger partial charge in [-0.1, -0.05) is 0 Å². The highest BCUT2D eigenvalue weighted by Crippen LogP contribution is 2.15. The van der Waals surface area contributed by atoms with Crippen molar-refractivity contribution in [3.05, 3.63) is 41.6 Å². The molecule has 72 valence electrons. The van der Waals surface area contributed by atoms with Gasteiger partial charge < -0.3 is 5.11 Å². The van der Waals surface area contributed by atoms with Gasteiger partial charge in [0.25, 0.3) is 0 Å². The smallest absolute Gasteiger partial charge is 0.337 e. The predicted molar refractivity (Wildman–Crippen MR) is 53.4 cm³/mol. The highest BCUT2D eigenvalue weighted by molar-refractivity contribution is 5.92. The van der Waals surface area contributed by atoms with Crippen molar-refractivity contribution in [2.24, 2.45) is 0 Å². The summed E-state index contributed by atoms with van der Waals surface area (Å²) in [7, 11) is 0. The number of hydrogen-bond donors (Lipinski definition) is 1. The summed E-state index contributed by atoms with van der Waals surface area (Å²) >= 11 is 0. The normalized spacial score (nSPS) is 9.80. The van der Waals surface area contributed by atoms with Gasteiger partial charge >= 0.3 is 5.97 Å². The molecule has 0 aliphatic heterocycles. The third kappa shape index (κ3) is 1.63. The lowest BCUT2D eigenvalue weighted by atomic mass is 10.1. The van der Waals surface area contributed by atoms with Crippen LogP contribution in [0.2, 0.25) is 0 Å². The van der Waals surface area contributed by atoms with Crippen molar-refractivity contribution in [2.75, 3.05) is 0 Å². The number of aromatic nitrogens is 1. The van der Waals surface area contributed by atoms with Crippen LogP contribution in [0, 0.1) is 11.3 Å². The number of hydrogen-bond acceptors (Lipinski definition) is 3. The van der Waals surface area contributed by atoms with E-state index in [9.17, 15) is 4.79 Å². The average molecular weight is 198 g/mol. The molecule has 1 aromatic heterocycles. The summed E-state index contributed by atoms with van der Waals surface area (Å²) in [5, 5.41) is 18.1. The fourth-order valence-corrected chi connectivity index (χ4v) is 1.32. The Balaban J connectivity index is 2.69. The molecule has 4 nitrogen and oxygen atoms in total. The van der Waals surface area contributed by atoms with Gasteiger partial charge in [-0.05, 0) is 24.3 Å². The number of rotatable bonds is 1. The molecule has 0 amide bonds. The van der Waals surface area contributed by atoms with Gasteiger partial charge in [-0.25, -0.2) is 4.79 Å². The van der Waals surface area contributed by atoms with Crippen LogP contribution in [0.4, 0.5) is 0 Å². The number of carbonyl (C=O) groups is 1. The van der Waals surface area contributed by atoms with E-state index in [0.717, 1.165) is 0 Å². The van der Waals surface area contributed by atoms with E-state index in [1.165, 1.54) is 12.3 Å². The quantitative estimate of drug-likeness (QED) is 0.758. The molecule has 0 saturated heterocycles. The number of fused-ring (bicyclic) bond motifs is 1. The maximum Gasteiger partial charge on any atom is 0.337 e. The van der Waals surface area contributed by atoms with Gasteiger partial charge in [0.15, 0.2) is 0 Å². The Hall–Kier alpha value is -2.41. The van der Waals surface area contributed by atoms with Gasteiger partial charge in [-0.3, -0.25) is 4.98 Å². The molecule has 2 aromatic rings. The van der Waals surface area contributed by atoms with Crippen LogP contribution in [0.5, 0.6) is 0 Å². The Morgan fingerprint density at radius 2 is 2.20 bits per heavy atom. The molecule has 0 aliphatic carbocycles. The van der Waals surface area contributed by atoms with E-state index in [2.05, 4.69) is 4.98 Å². The molecule has 0 unspecified atom stereocenters. The first-order valence-corrected chi connectivity index (χ1v) is 4.24. The van der Waals surface area contributed by atoms with Crippen LogP contribution in [0.25, 0.3) is 10.9 Å². The van der Waals surface area contributed by atoms with E-state index < -0.39 is 5.97 Å². The van der Waals surface area contributed by atoms with Crippen LogP contribution in [-0.2, 0) is 0 Å². The van der Waals surface area contributed by atoms with Crippen LogP contribution in [0.1, 0.15) is 15.9 Å². The third-order valence-corrected chi connectivity index (χ3v) is 2.06. The zero-order valence-corrected chi connectivity index (χ0v) is 7.64. The van der Waals surface area contributed by atoms with Crippen molar-refractivity contribution in [3.8, 4) is 6.07 Å². The summed E-state index contributed by atoms with van der Waals surface area (Å²) in [4.78, 5) is 14.7. The third-order valence-electron chi connectivity index (χ3n) is 2.06. The number of benzene rings is 1. The van der Waals surface area contributed by atoms with Crippen LogP contribution >= 0.6 is 0 Å². The second-order valence-corrected chi connectivity index (χ2v) is 3.05. The van der Waals surface area contributed by atoms with Crippen LogP contribution in [-0.4, -0.2) is 16.1 Å². The van der Waals surface area contributed by atoms with E-state index in [0.29, 0.717) is 16.5 Å². The highest BCUT2D eigenvalue weighted by Gasteiger charge is 2.04. The Labute approximate surface area is 85.4 Å². The average Bonchev–Trinajstić information content (AvgIpc) is 2.27. The summed E-state index contributed by atoms with van der Waals surface area (Å²) in [5.74, 6) is -1.02. The van der Waals surface area contributed by atoms with Crippen molar-refractivity contribution in [3.63, 3.8) is 0 Å². The molecule has 0 aliphatic rings. The lowest BCUT2D eigenvalue weighted by molar-refractivity contribution is 0.0696. The molecule has 0 bridgehead atoms. The second kappa shape index (κ2) is 3.39. The number of pyridine rings is 1. The van der Waals surface area contributed by atoms with Crippen molar-refractivity contribution in [2.45, 2.75) is 0 Å². The van der Waals surface area contributed by atoms with Crippen molar-refractivity contribution < 1.29 is 9.90 Å². The summed E-state index contributed by atoms with van der Waals surface area (Å²) in [6.45, 7) is 0. The molecule has 0 saturated carbocycles. The lowest BCUT2D eigenvalue weighted by Crippen LogP contribution is -1.96. The first-order chi connectivity index (χ1) is 7.20. The number of carboxylic acid groups (broad SMARTS) is 1. The minimum atomic E-state index is -1.02. The molecule has 0 fully saturated rings. The lowest BCUT2D eigenvalue weighted by Gasteiger charge is -1.98. The van der Waals surface area contributed by atoms with Gasteiger partial charge in [0.1, 0.15) is 0 Å². The van der Waals surface area contributed by atoms with Crippen LogP contribution in [0.3, 0.4) is 0 Å². The van der Waals surface area contributed by atoms with Crippen LogP contribution < -0.4 is 0 Å². The summed E-state index contributed by atoms with van der Waals surface area (Å²) in [6.07, 6.45) is 1.30. The fraction of sp³-hybridized carbons (Fsp3) is 0. The Bertz CT molecular complexity index is 585. The van der Waals surface area contributed by atoms with Crippen molar-refractivity contribution in [1.82, 2.24) is 4.98 Å². The summed E-state index contributed by atoms with van der Waals surface area (Å²) < 4.78 is 0. The standard InChI is InChI=1S/C11H6N2O2/c12-5-7-1-2-10-8(3-7)4-9(6-13-10)11(14)15/h1-4,6H,(H,14,15). The number of carboxylic acids is 1. The molecule has 15 heavy (non-hydrogen) atoms. The zero-order valence-electron chi connectivity index (χ0n) is 7.64. The van der Waals surface area contributed by atoms with Crippen molar-refractivity contribution >= 4 is 16.9 Å². The van der Waals surface area contributed by atoms with Gasteiger partial charge in [-0.2, -0.15) is 5.26 Å². The predicted octanol–water partition coefficient (Wildman–Crippen LogP) is 1.80. The molecule has 0 atom stereocenters. The molecule has 1 aromatic carbocycles. The monoisotopic (exact) mass is 198 g/mol. The molecular formula is C11H6N2O2. The maximum atomic E-state index is 10.7. The Morgan fingerprint density at radius 3 is 2.87 bits per heavy atom. The SMILES string of the molecule is N#Cc1ccc2ncc(C(=O)O)cc2c1. The summed E-state index contributed by atoms with van der Waals surface area (Å²) in [6, 6.07) is 8.46. The number of nitriles is 1. The maximum absolute atomic E-state index is 10.7. The van der Waals surface area contributed by atoms with E-state index >= 15 is 0 Å². The van der Waals surface area contributed by atoms with Crippen LogP contribution in [0.15, 0.2) is 30.5 Å². The van der Waals surface area contributed by atoms with E-state index in [1.807, 2.05) is 6.07 Å². The van der Waals surface area contributed by atoms with E-state index in [-0.39, 0.29) is 5.56 Å². The molecular weight excluding hydrogens is 192 g/mol. The zero-order chi connectivity index (χ0) is 10.8. The van der Waals surface area contributed by atoms with Gasteiger partial charge in [-0.15, -0.1) is 0 Å². The van der Waals surface area contributed by atoms with Crippen molar-refractivity contribution in [1.29, 1.82) is 5.26 Å². The second-order valence-electron chi connectivity index (χ2n) is 3.05. The first kappa shape index (κ1) is 9.16. The molecule has 1 N–H and O–H groups in total. The first-order valence-electron chi connectivity index (χ1n) is 4.24. The largest absolute Gasteiger partial charge is 0.478 e. The number of aromatic carboxylic acids is 1. The van der Waals surface area contributed by atoms with Gasteiger partial charge in [0, 0.05) is 11.6 Å². The van der Waals surface area contributed by atoms with Gasteiger partial charge in [0.2, 0.25) is 0 Å². The molecule has 2 rings (SSSR count). The topological polar surface area (TPSA) is 74.0 Å². The van der Waals surface area contributed by atoms with Gasteiger partial charge in [0.05, 0.1) is 22.7 Å². The minimum Gasteiger partial charge on any atom is -0.478 e. The highest BCUT2D eigenvalue weighted by atomic mass is 16.4. The number of nitrogens with zero attached hydrogens (tertiary/aromatic N) is 2. The molecule has 1 heterocycles. The Kier molecular flexibility index (Phi) is 2.07. The Morgan fingerprint density at radius 1 is 1.40 bits per heavy atom. The molecule has 4 heteroatoms. The fourth-order valence-electron chi connectivity index (χ4n) is 1.32. The molecule has 0 radical (unpaired) electrons. The van der Waals surface area contributed by atoms with E-state index in [1.54, 1.807) is 18.2 Å². The minimum absolute atomic E-state index is 0.123. The van der Waals surface area contributed by atoms with E-state index in [4.69, 9.17) is 10.4 Å². The molecule has 0 spiro atoms.